The summed E-state index contributed by atoms with van der Waals surface area (Å²) in [6.45, 7) is 0. The summed E-state index contributed by atoms with van der Waals surface area (Å²) in [6, 6.07) is 7.94. The van der Waals surface area contributed by atoms with E-state index in [0.717, 1.165) is 10.0 Å². The summed E-state index contributed by atoms with van der Waals surface area (Å²) in [5.74, 6) is 8.90. The minimum atomic E-state index is -1.94. The van der Waals surface area contributed by atoms with Gasteiger partial charge in [0.25, 0.3) is 0 Å². The molecule has 0 saturated carbocycles. The van der Waals surface area contributed by atoms with Crippen LogP contribution in [-0.4, -0.2) is 18.4 Å². The molecule has 0 nitrogen and oxygen atoms in total. The fourth-order valence-corrected chi connectivity index (χ4v) is 2.37. The second kappa shape index (κ2) is 5.63. The van der Waals surface area contributed by atoms with Crippen molar-refractivity contribution in [2.24, 2.45) is 0 Å². The van der Waals surface area contributed by atoms with Gasteiger partial charge in [-0.2, -0.15) is 0 Å². The first-order valence-electron chi connectivity index (χ1n) is 4.76. The molecule has 15 heavy (non-hydrogen) atoms. The summed E-state index contributed by atoms with van der Waals surface area (Å²) in [7, 11) is 0. The first-order chi connectivity index (χ1) is 6.97. The molecule has 0 aliphatic heterocycles. The van der Waals surface area contributed by atoms with Crippen LogP contribution in [0.5, 0.6) is 0 Å². The van der Waals surface area contributed by atoms with Gasteiger partial charge >= 0.3 is 105 Å². The summed E-state index contributed by atoms with van der Waals surface area (Å²) in [6.07, 6.45) is 0. The summed E-state index contributed by atoms with van der Waals surface area (Å²) in [5, 5.41) is 0. The molecular weight excluding hydrogens is 355 g/mol. The third kappa shape index (κ3) is 5.92. The monoisotopic (exact) mass is 368 g/mol. The molecule has 0 aromatic heterocycles. The predicted octanol–water partition coefficient (Wildman–Crippen LogP) is 3.68. The molecule has 1 rings (SSSR count). The average Bonchev–Trinajstić information content (AvgIpc) is 2.14. The average molecular weight is 368 g/mol. The van der Waals surface area contributed by atoms with Crippen molar-refractivity contribution in [3.63, 3.8) is 0 Å². The van der Waals surface area contributed by atoms with Crippen LogP contribution in [-0.2, 0) is 0 Å². The second-order valence-electron chi connectivity index (χ2n) is 4.26. The zero-order chi connectivity index (χ0) is 11.3. The van der Waals surface area contributed by atoms with E-state index >= 15 is 0 Å². The van der Waals surface area contributed by atoms with Crippen LogP contribution in [0.3, 0.4) is 0 Å². The van der Waals surface area contributed by atoms with Gasteiger partial charge in [0.1, 0.15) is 0 Å². The molecule has 1 aromatic rings. The van der Waals surface area contributed by atoms with Gasteiger partial charge in [-0.1, -0.05) is 0 Å². The number of halogens is 1. The van der Waals surface area contributed by atoms with Crippen LogP contribution >= 0.6 is 15.9 Å². The maximum absolute atomic E-state index is 3.39. The standard InChI is InChI=1S/C10H4Br.3CH3.Sn/c1-2-3-4-9-5-7-10(11)8-6-9;;;;/h5-8H;3*1H3;. The Morgan fingerprint density at radius 1 is 1.00 bits per heavy atom. The van der Waals surface area contributed by atoms with Crippen molar-refractivity contribution in [3.8, 4) is 21.7 Å². The first kappa shape index (κ1) is 12.7. The Morgan fingerprint density at radius 2 is 1.60 bits per heavy atom. The quantitative estimate of drug-likeness (QED) is 0.484. The van der Waals surface area contributed by atoms with Gasteiger partial charge in [0.05, 0.1) is 0 Å². The van der Waals surface area contributed by atoms with E-state index in [1.54, 1.807) is 0 Å². The van der Waals surface area contributed by atoms with Crippen LogP contribution in [0.15, 0.2) is 28.7 Å². The molecule has 0 fully saturated rings. The van der Waals surface area contributed by atoms with E-state index in [1.165, 1.54) is 0 Å². The van der Waals surface area contributed by atoms with Crippen LogP contribution in [0.25, 0.3) is 0 Å². The van der Waals surface area contributed by atoms with Crippen molar-refractivity contribution in [2.45, 2.75) is 14.8 Å². The van der Waals surface area contributed by atoms with Gasteiger partial charge < -0.3 is 0 Å². The topological polar surface area (TPSA) is 0 Å². The molecule has 0 radical (unpaired) electrons. The Hall–Kier alpha value is -0.381. The summed E-state index contributed by atoms with van der Waals surface area (Å²) < 4.78 is 4.35. The van der Waals surface area contributed by atoms with Crippen LogP contribution in [0.2, 0.25) is 14.8 Å². The summed E-state index contributed by atoms with van der Waals surface area (Å²) >= 11 is 1.45. The second-order valence-corrected chi connectivity index (χ2v) is 18.7. The predicted molar refractivity (Wildman–Crippen MR) is 72.1 cm³/mol. The number of hydrogen-bond acceptors (Lipinski definition) is 0. The minimum absolute atomic E-state index is 1.01. The molecular formula is C13H13BrSn. The first-order valence-corrected chi connectivity index (χ1v) is 15.5. The van der Waals surface area contributed by atoms with Gasteiger partial charge in [-0.3, -0.25) is 0 Å². The SMILES string of the molecule is [CH3][Sn]([CH3])([CH3])[C]#CC#Cc1ccc(Br)cc1. The fraction of sp³-hybridized carbons (Fsp3) is 0.231. The molecule has 76 valence electrons. The van der Waals surface area contributed by atoms with E-state index in [0.29, 0.717) is 0 Å². The molecule has 0 saturated heterocycles. The molecule has 0 aliphatic rings. The van der Waals surface area contributed by atoms with Crippen LogP contribution in [0, 0.1) is 21.7 Å². The fourth-order valence-electron chi connectivity index (χ4n) is 0.855. The number of benzene rings is 1. The van der Waals surface area contributed by atoms with Crippen molar-refractivity contribution in [3.05, 3.63) is 34.3 Å². The third-order valence-electron chi connectivity index (χ3n) is 1.55. The van der Waals surface area contributed by atoms with Crippen LogP contribution in [0.4, 0.5) is 0 Å². The Morgan fingerprint density at radius 3 is 2.13 bits per heavy atom. The van der Waals surface area contributed by atoms with Crippen LogP contribution < -0.4 is 0 Å². The van der Waals surface area contributed by atoms with Crippen molar-refractivity contribution in [2.75, 3.05) is 0 Å². The van der Waals surface area contributed by atoms with E-state index in [1.807, 2.05) is 24.3 Å². The van der Waals surface area contributed by atoms with E-state index in [9.17, 15) is 0 Å². The Balaban J connectivity index is 2.74. The normalized spacial score (nSPS) is 9.60. The summed E-state index contributed by atoms with van der Waals surface area (Å²) in [5.41, 5.74) is 1.01. The zero-order valence-electron chi connectivity index (χ0n) is 9.19. The van der Waals surface area contributed by atoms with Crippen molar-refractivity contribution in [1.29, 1.82) is 0 Å². The zero-order valence-corrected chi connectivity index (χ0v) is 13.6. The van der Waals surface area contributed by atoms with Gasteiger partial charge in [-0.15, -0.1) is 0 Å². The van der Waals surface area contributed by atoms with Crippen LogP contribution in [0.1, 0.15) is 5.56 Å². The van der Waals surface area contributed by atoms with E-state index < -0.39 is 18.4 Å². The summed E-state index contributed by atoms with van der Waals surface area (Å²) in [4.78, 5) is 6.84. The Kier molecular flexibility index (Phi) is 4.77. The van der Waals surface area contributed by atoms with Crippen molar-refractivity contribution < 1.29 is 0 Å². The van der Waals surface area contributed by atoms with Gasteiger partial charge in [0.15, 0.2) is 0 Å². The van der Waals surface area contributed by atoms with Gasteiger partial charge in [-0.25, -0.2) is 0 Å². The van der Waals surface area contributed by atoms with E-state index in [-0.39, 0.29) is 0 Å². The molecule has 0 aliphatic carbocycles. The molecule has 0 spiro atoms. The molecule has 1 aromatic carbocycles. The molecule has 0 heterocycles. The Bertz CT molecular complexity index is 444. The molecule has 0 atom stereocenters. The molecule has 0 bridgehead atoms. The molecule has 0 unspecified atom stereocenters. The Labute approximate surface area is 104 Å². The van der Waals surface area contributed by atoms with Gasteiger partial charge in [-0.05, 0) is 0 Å². The maximum atomic E-state index is 3.39. The van der Waals surface area contributed by atoms with Crippen molar-refractivity contribution in [1.82, 2.24) is 0 Å². The molecule has 0 N–H and O–H groups in total. The molecule has 2 heteroatoms. The van der Waals surface area contributed by atoms with E-state index in [4.69, 9.17) is 0 Å². The third-order valence-corrected chi connectivity index (χ3v) is 4.58. The molecule has 0 amide bonds. The number of hydrogen-bond donors (Lipinski definition) is 0. The van der Waals surface area contributed by atoms with Gasteiger partial charge in [0, 0.05) is 0 Å². The van der Waals surface area contributed by atoms with Crippen molar-refractivity contribution >= 4 is 34.3 Å². The number of rotatable bonds is 0. The van der Waals surface area contributed by atoms with Gasteiger partial charge in [0.2, 0.25) is 0 Å². The van der Waals surface area contributed by atoms with E-state index in [2.05, 4.69) is 52.4 Å².